The maximum atomic E-state index is 5.72. The maximum Gasteiger partial charge on any atom is 0.351 e. The second-order valence-electron chi connectivity index (χ2n) is 4.85. The minimum absolute atomic E-state index is 0.130. The molecule has 6 heteroatoms. The molecule has 0 unspecified atom stereocenters. The molecule has 0 spiro atoms. The highest BCUT2D eigenvalue weighted by Gasteiger charge is 2.09. The summed E-state index contributed by atoms with van der Waals surface area (Å²) in [7, 11) is 0. The number of nitrogens with zero attached hydrogens (tertiary/aromatic N) is 1. The fourth-order valence-corrected chi connectivity index (χ4v) is 2.18. The third kappa shape index (κ3) is 7.08. The van der Waals surface area contributed by atoms with E-state index >= 15 is 0 Å². The van der Waals surface area contributed by atoms with E-state index in [9.17, 15) is 0 Å². The predicted molar refractivity (Wildman–Crippen MR) is 104 cm³/mol. The van der Waals surface area contributed by atoms with Gasteiger partial charge in [0.1, 0.15) is 11.4 Å². The van der Waals surface area contributed by atoms with Crippen molar-refractivity contribution in [2.75, 3.05) is 0 Å². The summed E-state index contributed by atoms with van der Waals surface area (Å²) in [6, 6.07) is 19.6. The van der Waals surface area contributed by atoms with Crippen LogP contribution < -0.4 is 16.0 Å². The van der Waals surface area contributed by atoms with Crippen molar-refractivity contribution in [1.29, 1.82) is 0 Å². The number of rotatable bonds is 3. The molecule has 0 saturated carbocycles. The van der Waals surface area contributed by atoms with Gasteiger partial charge in [0, 0.05) is 4.38 Å². The molecule has 0 saturated heterocycles. The SMILES string of the molecule is CC(C)OC(=S)[S-].NC(N)=[N+](c1ccccc1)c1ccccc1. The van der Waals surface area contributed by atoms with Crippen LogP contribution in [0.15, 0.2) is 60.7 Å². The van der Waals surface area contributed by atoms with Gasteiger partial charge in [-0.2, -0.15) is 4.58 Å². The highest BCUT2D eigenvalue weighted by molar-refractivity contribution is 7.99. The average molecular weight is 348 g/mol. The van der Waals surface area contributed by atoms with Crippen LogP contribution in [-0.4, -0.2) is 16.4 Å². The topological polar surface area (TPSA) is 64.3 Å². The summed E-state index contributed by atoms with van der Waals surface area (Å²) in [5.74, 6) is 0.261. The normalized spacial score (nSPS) is 9.52. The van der Waals surface area contributed by atoms with Crippen LogP contribution in [0.25, 0.3) is 0 Å². The molecule has 0 atom stereocenters. The minimum Gasteiger partial charge on any atom is -0.511 e. The molecule has 2 rings (SSSR count). The highest BCUT2D eigenvalue weighted by Crippen LogP contribution is 2.18. The first-order valence-corrected chi connectivity index (χ1v) is 7.89. The molecule has 0 bridgehead atoms. The van der Waals surface area contributed by atoms with E-state index in [1.54, 1.807) is 4.58 Å². The van der Waals surface area contributed by atoms with Gasteiger partial charge in [-0.25, -0.2) is 0 Å². The second-order valence-corrected chi connectivity index (χ2v) is 5.85. The maximum absolute atomic E-state index is 5.72. The van der Waals surface area contributed by atoms with Gasteiger partial charge in [0.25, 0.3) is 0 Å². The van der Waals surface area contributed by atoms with Gasteiger partial charge in [-0.1, -0.05) is 36.4 Å². The summed E-state index contributed by atoms with van der Waals surface area (Å²) in [6.45, 7) is 3.78. The Hall–Kier alpha value is -2.18. The van der Waals surface area contributed by atoms with Crippen molar-refractivity contribution < 1.29 is 4.74 Å². The third-order valence-electron chi connectivity index (χ3n) is 2.62. The fraction of sp³-hybridized carbons (Fsp3) is 0.176. The Bertz CT molecular complexity index is 598. The Morgan fingerprint density at radius 3 is 1.57 bits per heavy atom. The zero-order valence-corrected chi connectivity index (χ0v) is 14.8. The van der Waals surface area contributed by atoms with Crippen molar-refractivity contribution in [3.8, 4) is 0 Å². The molecule has 122 valence electrons. The summed E-state index contributed by atoms with van der Waals surface area (Å²) >= 11 is 8.93. The Morgan fingerprint density at radius 1 is 0.957 bits per heavy atom. The van der Waals surface area contributed by atoms with E-state index in [2.05, 4.69) is 24.8 Å². The summed E-state index contributed by atoms with van der Waals surface area (Å²) in [4.78, 5) is 0. The van der Waals surface area contributed by atoms with Crippen LogP contribution in [0.2, 0.25) is 0 Å². The van der Waals surface area contributed by atoms with Gasteiger partial charge in [0.05, 0.1) is 6.10 Å². The molecule has 4 nitrogen and oxygen atoms in total. The number of hydrogen-bond acceptors (Lipinski definition) is 3. The Morgan fingerprint density at radius 2 is 1.35 bits per heavy atom. The first kappa shape index (κ1) is 18.9. The zero-order chi connectivity index (χ0) is 17.2. The van der Waals surface area contributed by atoms with Gasteiger partial charge >= 0.3 is 5.96 Å². The molecule has 0 fully saturated rings. The minimum atomic E-state index is 0.130. The van der Waals surface area contributed by atoms with E-state index in [-0.39, 0.29) is 16.4 Å². The lowest BCUT2D eigenvalue weighted by molar-refractivity contribution is 0.243. The second kappa shape index (κ2) is 9.76. The zero-order valence-electron chi connectivity index (χ0n) is 13.2. The summed E-state index contributed by atoms with van der Waals surface area (Å²) in [5, 5.41) is 0. The monoisotopic (exact) mass is 347 g/mol. The van der Waals surface area contributed by atoms with E-state index < -0.39 is 0 Å². The quantitative estimate of drug-likeness (QED) is 0.294. The van der Waals surface area contributed by atoms with Crippen LogP contribution in [-0.2, 0) is 17.4 Å². The molecule has 0 aromatic heterocycles. The van der Waals surface area contributed by atoms with E-state index in [0.29, 0.717) is 0 Å². The van der Waals surface area contributed by atoms with Gasteiger partial charge in [-0.15, -0.1) is 0 Å². The lowest BCUT2D eigenvalue weighted by atomic mass is 10.2. The number of ether oxygens (including phenoxy) is 1. The highest BCUT2D eigenvalue weighted by atomic mass is 32.1. The third-order valence-corrected chi connectivity index (χ3v) is 2.81. The lowest BCUT2D eigenvalue weighted by Gasteiger charge is -2.11. The van der Waals surface area contributed by atoms with Crippen molar-refractivity contribution in [3.05, 3.63) is 60.7 Å². The molecule has 0 radical (unpaired) electrons. The molecule has 0 aliphatic rings. The summed E-state index contributed by atoms with van der Waals surface area (Å²) in [6.07, 6.45) is 0.130. The molecule has 0 heterocycles. The molecule has 0 aliphatic carbocycles. The van der Waals surface area contributed by atoms with Crippen LogP contribution >= 0.6 is 12.2 Å². The van der Waals surface area contributed by atoms with Crippen LogP contribution in [0, 0.1) is 0 Å². The molecule has 0 amide bonds. The van der Waals surface area contributed by atoms with E-state index in [1.807, 2.05) is 74.5 Å². The van der Waals surface area contributed by atoms with Crippen molar-refractivity contribution in [1.82, 2.24) is 4.58 Å². The van der Waals surface area contributed by atoms with Gasteiger partial charge < -0.3 is 29.6 Å². The van der Waals surface area contributed by atoms with Crippen molar-refractivity contribution >= 4 is 46.6 Å². The van der Waals surface area contributed by atoms with Gasteiger partial charge in [-0.05, 0) is 38.1 Å². The predicted octanol–water partition coefficient (Wildman–Crippen LogP) is 3.04. The van der Waals surface area contributed by atoms with Gasteiger partial charge in [-0.3, -0.25) is 11.5 Å². The van der Waals surface area contributed by atoms with Crippen LogP contribution in [0.5, 0.6) is 0 Å². The van der Waals surface area contributed by atoms with E-state index in [1.165, 1.54) is 0 Å². The fourth-order valence-electron chi connectivity index (χ4n) is 1.79. The first-order valence-electron chi connectivity index (χ1n) is 7.07. The smallest absolute Gasteiger partial charge is 0.351 e. The average Bonchev–Trinajstić information content (AvgIpc) is 2.48. The van der Waals surface area contributed by atoms with E-state index in [0.717, 1.165) is 11.4 Å². The van der Waals surface area contributed by atoms with Gasteiger partial charge in [0.15, 0.2) is 0 Å². The van der Waals surface area contributed by atoms with Crippen molar-refractivity contribution in [2.45, 2.75) is 20.0 Å². The molecule has 23 heavy (non-hydrogen) atoms. The Kier molecular flexibility index (Phi) is 8.01. The van der Waals surface area contributed by atoms with Crippen molar-refractivity contribution in [3.63, 3.8) is 0 Å². The molecule has 2 aromatic rings. The first-order chi connectivity index (χ1) is 10.9. The number of para-hydroxylation sites is 2. The van der Waals surface area contributed by atoms with Crippen LogP contribution in [0.4, 0.5) is 11.4 Å². The molecular formula is C17H21N3OS2. The van der Waals surface area contributed by atoms with Crippen LogP contribution in [0.3, 0.4) is 0 Å². The largest absolute Gasteiger partial charge is 0.511 e. The molecular weight excluding hydrogens is 326 g/mol. The lowest BCUT2D eigenvalue weighted by Crippen LogP contribution is -2.33. The molecule has 0 aliphatic heterocycles. The van der Waals surface area contributed by atoms with Crippen molar-refractivity contribution in [2.24, 2.45) is 11.5 Å². The summed E-state index contributed by atoms with van der Waals surface area (Å²) < 4.78 is 6.81. The number of thiocarbonyl (C=S) groups is 1. The number of guanidine groups is 1. The Balaban J connectivity index is 0.000000322. The molecule has 4 N–H and O–H groups in total. The van der Waals surface area contributed by atoms with Crippen LogP contribution in [0.1, 0.15) is 13.8 Å². The molecule has 2 aromatic carbocycles. The number of nitrogens with two attached hydrogens (primary N) is 2. The number of hydrogen-bond donors (Lipinski definition) is 2. The van der Waals surface area contributed by atoms with E-state index in [4.69, 9.17) is 16.2 Å². The summed E-state index contributed by atoms with van der Waals surface area (Å²) in [5.41, 5.74) is 13.3. The number of benzene rings is 2. The van der Waals surface area contributed by atoms with Gasteiger partial charge in [0.2, 0.25) is 0 Å². The standard InChI is InChI=1S/C13H13N3.C4H8OS2/c14-13(15)16(11-7-3-1-4-8-11)12-9-5-2-6-10-12;1-3(2)5-4(6)7/h1-10H,(H3,14,15);3H,1-2H3,(H,6,7). The Labute approximate surface area is 148 Å².